The molecule has 7 heteroatoms. The highest BCUT2D eigenvalue weighted by Crippen LogP contribution is 2.06. The minimum atomic E-state index is -0.374. The highest BCUT2D eigenvalue weighted by Gasteiger charge is 2.26. The maximum atomic E-state index is 12.1. The van der Waals surface area contributed by atoms with Crippen LogP contribution in [0.25, 0.3) is 0 Å². The van der Waals surface area contributed by atoms with E-state index in [1.54, 1.807) is 24.9 Å². The van der Waals surface area contributed by atoms with Crippen LogP contribution in [0.1, 0.15) is 11.5 Å². The first-order chi connectivity index (χ1) is 8.56. The number of rotatable bonds is 3. The number of amides is 2. The molecule has 1 aliphatic heterocycles. The molecular formula is C11H16N4O3. The summed E-state index contributed by atoms with van der Waals surface area (Å²) in [5.74, 6) is 0.554. The van der Waals surface area contributed by atoms with E-state index < -0.39 is 0 Å². The van der Waals surface area contributed by atoms with Crippen LogP contribution in [-0.4, -0.2) is 48.0 Å². The third-order valence-corrected chi connectivity index (χ3v) is 2.76. The van der Waals surface area contributed by atoms with Gasteiger partial charge in [-0.3, -0.25) is 14.9 Å². The van der Waals surface area contributed by atoms with E-state index in [0.29, 0.717) is 24.5 Å². The number of aryl methyl sites for hydroxylation is 1. The van der Waals surface area contributed by atoms with Crippen molar-refractivity contribution in [1.29, 1.82) is 0 Å². The number of carbonyl (C=O) groups is 2. The molecule has 18 heavy (non-hydrogen) atoms. The number of piperazine rings is 1. The van der Waals surface area contributed by atoms with Gasteiger partial charge in [0.15, 0.2) is 0 Å². The lowest BCUT2D eigenvalue weighted by Gasteiger charge is -2.27. The predicted octanol–water partition coefficient (Wildman–Crippen LogP) is -0.971. The fraction of sp³-hybridized carbons (Fsp3) is 0.545. The Balaban J connectivity index is 1.90. The molecule has 0 bridgehead atoms. The molecule has 0 radical (unpaired) electrons. The highest BCUT2D eigenvalue weighted by atomic mass is 16.5. The Morgan fingerprint density at radius 2 is 2.44 bits per heavy atom. The van der Waals surface area contributed by atoms with E-state index in [4.69, 9.17) is 4.52 Å². The first-order valence-corrected chi connectivity index (χ1v) is 5.73. The number of hydrogen-bond donors (Lipinski definition) is 2. The number of likely N-dealkylation sites (N-methyl/N-ethyl adjacent to an activating group) is 1. The van der Waals surface area contributed by atoms with Gasteiger partial charge < -0.3 is 14.7 Å². The van der Waals surface area contributed by atoms with Gasteiger partial charge in [0, 0.05) is 19.7 Å². The molecule has 0 aliphatic carbocycles. The van der Waals surface area contributed by atoms with Crippen molar-refractivity contribution in [3.63, 3.8) is 0 Å². The van der Waals surface area contributed by atoms with E-state index in [9.17, 15) is 9.59 Å². The molecule has 1 saturated heterocycles. The van der Waals surface area contributed by atoms with Gasteiger partial charge in [-0.2, -0.15) is 0 Å². The van der Waals surface area contributed by atoms with Crippen molar-refractivity contribution in [2.24, 2.45) is 0 Å². The monoisotopic (exact) mass is 252 g/mol. The molecule has 2 amide bonds. The summed E-state index contributed by atoms with van der Waals surface area (Å²) in [6, 6.07) is 1.42. The largest absolute Gasteiger partial charge is 0.361 e. The summed E-state index contributed by atoms with van der Waals surface area (Å²) in [5, 5.41) is 9.38. The quantitative estimate of drug-likeness (QED) is 0.722. The van der Waals surface area contributed by atoms with E-state index in [0.717, 1.165) is 0 Å². The van der Waals surface area contributed by atoms with Gasteiger partial charge in [0.1, 0.15) is 17.5 Å². The first-order valence-electron chi connectivity index (χ1n) is 5.73. The summed E-state index contributed by atoms with van der Waals surface area (Å²) in [6.07, 6.45) is 0. The van der Waals surface area contributed by atoms with Crippen molar-refractivity contribution in [3.05, 3.63) is 17.5 Å². The second kappa shape index (κ2) is 5.18. The van der Waals surface area contributed by atoms with Crippen molar-refractivity contribution < 1.29 is 14.1 Å². The summed E-state index contributed by atoms with van der Waals surface area (Å²) in [4.78, 5) is 24.6. The lowest BCUT2D eigenvalue weighted by molar-refractivity contribution is -0.134. The molecule has 0 saturated carbocycles. The molecule has 1 atom stereocenters. The van der Waals surface area contributed by atoms with E-state index >= 15 is 0 Å². The molecule has 2 N–H and O–H groups in total. The Hall–Kier alpha value is -1.89. The summed E-state index contributed by atoms with van der Waals surface area (Å²) >= 11 is 0. The molecule has 0 aromatic carbocycles. The predicted molar refractivity (Wildman–Crippen MR) is 62.5 cm³/mol. The second-order valence-corrected chi connectivity index (χ2v) is 4.36. The average molecular weight is 252 g/mol. The topological polar surface area (TPSA) is 87.5 Å². The zero-order chi connectivity index (χ0) is 13.1. The lowest BCUT2D eigenvalue weighted by Crippen LogP contribution is -2.58. The second-order valence-electron chi connectivity index (χ2n) is 4.36. The number of carbonyl (C=O) groups excluding carboxylic acids is 2. The van der Waals surface area contributed by atoms with Crippen LogP contribution < -0.4 is 10.6 Å². The van der Waals surface area contributed by atoms with Gasteiger partial charge in [0.05, 0.1) is 13.1 Å². The minimum absolute atomic E-state index is 0.0735. The van der Waals surface area contributed by atoms with E-state index in [2.05, 4.69) is 15.8 Å². The SMILES string of the molecule is Cc1cc(CN(C)C(=O)C2CNC(=O)CN2)no1. The van der Waals surface area contributed by atoms with Crippen LogP contribution in [-0.2, 0) is 16.1 Å². The summed E-state index contributed by atoms with van der Waals surface area (Å²) in [6.45, 7) is 2.69. The van der Waals surface area contributed by atoms with Crippen LogP contribution >= 0.6 is 0 Å². The Bertz CT molecular complexity index is 447. The normalized spacial score (nSPS) is 19.4. The van der Waals surface area contributed by atoms with Gasteiger partial charge in [0.2, 0.25) is 11.8 Å². The van der Waals surface area contributed by atoms with E-state index in [1.165, 1.54) is 0 Å². The molecule has 1 aliphatic rings. The molecule has 1 fully saturated rings. The van der Waals surface area contributed by atoms with Crippen LogP contribution in [0.5, 0.6) is 0 Å². The van der Waals surface area contributed by atoms with Gasteiger partial charge in [0.25, 0.3) is 0 Å². The van der Waals surface area contributed by atoms with Crippen molar-refractivity contribution in [2.45, 2.75) is 19.5 Å². The van der Waals surface area contributed by atoms with Crippen molar-refractivity contribution in [3.8, 4) is 0 Å². The zero-order valence-corrected chi connectivity index (χ0v) is 10.4. The molecule has 1 aromatic rings. The molecule has 0 spiro atoms. The number of nitrogens with one attached hydrogen (secondary N) is 2. The third kappa shape index (κ3) is 2.86. The third-order valence-electron chi connectivity index (χ3n) is 2.76. The van der Waals surface area contributed by atoms with Crippen LogP contribution in [0, 0.1) is 6.92 Å². The maximum absolute atomic E-state index is 12.1. The van der Waals surface area contributed by atoms with Gasteiger partial charge in [-0.05, 0) is 6.92 Å². The summed E-state index contributed by atoms with van der Waals surface area (Å²) < 4.78 is 4.94. The molecule has 7 nitrogen and oxygen atoms in total. The molecule has 2 rings (SSSR count). The molecule has 1 aromatic heterocycles. The van der Waals surface area contributed by atoms with Gasteiger partial charge in [-0.1, -0.05) is 5.16 Å². The molecule has 2 heterocycles. The molecular weight excluding hydrogens is 236 g/mol. The number of hydrogen-bond acceptors (Lipinski definition) is 5. The van der Waals surface area contributed by atoms with Crippen LogP contribution in [0.4, 0.5) is 0 Å². The van der Waals surface area contributed by atoms with Crippen molar-refractivity contribution >= 4 is 11.8 Å². The lowest BCUT2D eigenvalue weighted by atomic mass is 10.2. The number of aromatic nitrogens is 1. The minimum Gasteiger partial charge on any atom is -0.361 e. The van der Waals surface area contributed by atoms with Crippen molar-refractivity contribution in [1.82, 2.24) is 20.7 Å². The van der Waals surface area contributed by atoms with E-state index in [1.807, 2.05) is 0 Å². The Labute approximate surface area is 104 Å². The molecule has 98 valence electrons. The maximum Gasteiger partial charge on any atom is 0.241 e. The fourth-order valence-electron chi connectivity index (χ4n) is 1.82. The molecule has 1 unspecified atom stereocenters. The Kier molecular flexibility index (Phi) is 3.61. The van der Waals surface area contributed by atoms with Crippen LogP contribution in [0.2, 0.25) is 0 Å². The Morgan fingerprint density at radius 3 is 3.00 bits per heavy atom. The van der Waals surface area contributed by atoms with Crippen LogP contribution in [0.3, 0.4) is 0 Å². The van der Waals surface area contributed by atoms with Gasteiger partial charge in [-0.25, -0.2) is 0 Å². The van der Waals surface area contributed by atoms with Gasteiger partial charge >= 0.3 is 0 Å². The zero-order valence-electron chi connectivity index (χ0n) is 10.4. The Morgan fingerprint density at radius 1 is 1.67 bits per heavy atom. The summed E-state index contributed by atoms with van der Waals surface area (Å²) in [7, 11) is 1.70. The number of nitrogens with zero attached hydrogens (tertiary/aromatic N) is 2. The smallest absolute Gasteiger partial charge is 0.241 e. The average Bonchev–Trinajstić information content (AvgIpc) is 2.75. The van der Waals surface area contributed by atoms with Crippen LogP contribution in [0.15, 0.2) is 10.6 Å². The van der Waals surface area contributed by atoms with Gasteiger partial charge in [-0.15, -0.1) is 0 Å². The summed E-state index contributed by atoms with van der Waals surface area (Å²) in [5.41, 5.74) is 0.711. The fourth-order valence-corrected chi connectivity index (χ4v) is 1.82. The van der Waals surface area contributed by atoms with Crippen molar-refractivity contribution in [2.75, 3.05) is 20.1 Å². The highest BCUT2D eigenvalue weighted by molar-refractivity contribution is 5.86. The first kappa shape index (κ1) is 12.6. The standard InChI is InChI=1S/C11H16N4O3/c1-7-3-8(14-18-7)6-15(2)11(17)9-4-13-10(16)5-12-9/h3,9,12H,4-6H2,1-2H3,(H,13,16). The van der Waals surface area contributed by atoms with E-state index in [-0.39, 0.29) is 24.4 Å².